The second kappa shape index (κ2) is 10.2. The van der Waals surface area contributed by atoms with Crippen LogP contribution in [0.1, 0.15) is 5.56 Å². The Morgan fingerprint density at radius 2 is 1.87 bits per heavy atom. The molecule has 0 spiro atoms. The first-order valence-electron chi connectivity index (χ1n) is 9.42. The SMILES string of the molecule is COc1ccc(-c2csc(NC(=O)CN(C)Cc3ccc(OC)c(F)c3)n2)c(OC)c1. The standard InChI is InChI=1S/C22H24FN3O4S/c1-26(11-14-5-8-19(29-3)17(23)9-14)12-21(27)25-22-24-18(13-31-22)16-7-6-15(28-2)10-20(16)30-4/h5-10,13H,11-12H2,1-4H3,(H,24,25,27). The largest absolute Gasteiger partial charge is 0.497 e. The first-order chi connectivity index (χ1) is 14.9. The highest BCUT2D eigenvalue weighted by Crippen LogP contribution is 2.34. The minimum absolute atomic E-state index is 0.133. The molecule has 0 fully saturated rings. The normalized spacial score (nSPS) is 10.8. The number of amides is 1. The highest BCUT2D eigenvalue weighted by molar-refractivity contribution is 7.14. The second-order valence-electron chi connectivity index (χ2n) is 6.79. The molecule has 0 atom stereocenters. The Bertz CT molecular complexity index is 1060. The van der Waals surface area contributed by atoms with Gasteiger partial charge in [0.05, 0.1) is 33.6 Å². The van der Waals surface area contributed by atoms with E-state index in [-0.39, 0.29) is 18.2 Å². The van der Waals surface area contributed by atoms with Crippen molar-refractivity contribution in [2.24, 2.45) is 0 Å². The van der Waals surface area contributed by atoms with E-state index in [9.17, 15) is 9.18 Å². The number of hydrogen-bond donors (Lipinski definition) is 1. The van der Waals surface area contributed by atoms with Crippen molar-refractivity contribution in [1.82, 2.24) is 9.88 Å². The number of aromatic nitrogens is 1. The summed E-state index contributed by atoms with van der Waals surface area (Å²) in [5.41, 5.74) is 2.25. The predicted octanol–water partition coefficient (Wildman–Crippen LogP) is 4.05. The van der Waals surface area contributed by atoms with Gasteiger partial charge < -0.3 is 19.5 Å². The Morgan fingerprint density at radius 1 is 1.10 bits per heavy atom. The van der Waals surface area contributed by atoms with E-state index in [0.29, 0.717) is 28.9 Å². The quantitative estimate of drug-likeness (QED) is 0.536. The number of halogens is 1. The maximum absolute atomic E-state index is 13.8. The number of anilines is 1. The van der Waals surface area contributed by atoms with E-state index in [4.69, 9.17) is 14.2 Å². The Hall–Kier alpha value is -3.17. The van der Waals surface area contributed by atoms with Crippen LogP contribution in [0.3, 0.4) is 0 Å². The number of nitrogens with one attached hydrogen (secondary N) is 1. The van der Waals surface area contributed by atoms with Crippen LogP contribution in [0, 0.1) is 5.82 Å². The van der Waals surface area contributed by atoms with Crippen LogP contribution in [0.2, 0.25) is 0 Å². The number of likely N-dealkylation sites (N-methyl/N-ethyl adjacent to an activating group) is 1. The minimum Gasteiger partial charge on any atom is -0.497 e. The lowest BCUT2D eigenvalue weighted by atomic mass is 10.1. The van der Waals surface area contributed by atoms with Crippen molar-refractivity contribution in [3.05, 3.63) is 53.2 Å². The molecule has 0 saturated heterocycles. The van der Waals surface area contributed by atoms with Crippen molar-refractivity contribution in [2.75, 3.05) is 40.2 Å². The summed E-state index contributed by atoms with van der Waals surface area (Å²) in [7, 11) is 6.38. The number of benzene rings is 2. The summed E-state index contributed by atoms with van der Waals surface area (Å²) in [6, 6.07) is 10.2. The lowest BCUT2D eigenvalue weighted by Crippen LogP contribution is -2.29. The molecule has 1 aromatic heterocycles. The lowest BCUT2D eigenvalue weighted by Gasteiger charge is -2.16. The van der Waals surface area contributed by atoms with E-state index in [0.717, 1.165) is 11.1 Å². The van der Waals surface area contributed by atoms with Gasteiger partial charge in [0.15, 0.2) is 16.7 Å². The number of methoxy groups -OCH3 is 3. The number of hydrogen-bond acceptors (Lipinski definition) is 7. The maximum Gasteiger partial charge on any atom is 0.240 e. The van der Waals surface area contributed by atoms with Gasteiger partial charge in [0.2, 0.25) is 5.91 Å². The van der Waals surface area contributed by atoms with Gasteiger partial charge >= 0.3 is 0 Å². The summed E-state index contributed by atoms with van der Waals surface area (Å²) in [5.74, 6) is 0.872. The van der Waals surface area contributed by atoms with Gasteiger partial charge in [0.25, 0.3) is 0 Å². The number of thiazole rings is 1. The van der Waals surface area contributed by atoms with E-state index in [2.05, 4.69) is 10.3 Å². The molecule has 0 unspecified atom stereocenters. The molecule has 2 aromatic carbocycles. The molecule has 1 N–H and O–H groups in total. The van der Waals surface area contributed by atoms with Crippen LogP contribution in [0.5, 0.6) is 17.2 Å². The smallest absolute Gasteiger partial charge is 0.240 e. The van der Waals surface area contributed by atoms with Gasteiger partial charge in [-0.25, -0.2) is 9.37 Å². The maximum atomic E-state index is 13.8. The fourth-order valence-corrected chi connectivity index (χ4v) is 3.77. The monoisotopic (exact) mass is 445 g/mol. The molecule has 0 radical (unpaired) electrons. The molecule has 164 valence electrons. The van der Waals surface area contributed by atoms with Crippen LogP contribution in [-0.2, 0) is 11.3 Å². The zero-order valence-electron chi connectivity index (χ0n) is 17.8. The minimum atomic E-state index is -0.429. The van der Waals surface area contributed by atoms with Gasteiger partial charge in [-0.2, -0.15) is 0 Å². The van der Waals surface area contributed by atoms with Gasteiger partial charge in [0, 0.05) is 23.6 Å². The fraction of sp³-hybridized carbons (Fsp3) is 0.273. The first kappa shape index (κ1) is 22.5. The zero-order chi connectivity index (χ0) is 22.4. The average molecular weight is 446 g/mol. The van der Waals surface area contributed by atoms with E-state index >= 15 is 0 Å². The third-order valence-corrected chi connectivity index (χ3v) is 5.28. The fourth-order valence-electron chi connectivity index (χ4n) is 3.04. The van der Waals surface area contributed by atoms with E-state index in [1.54, 1.807) is 44.4 Å². The van der Waals surface area contributed by atoms with Gasteiger partial charge in [-0.3, -0.25) is 9.69 Å². The molecule has 1 heterocycles. The van der Waals surface area contributed by atoms with Crippen LogP contribution >= 0.6 is 11.3 Å². The summed E-state index contributed by atoms with van der Waals surface area (Å²) in [6.45, 7) is 0.551. The van der Waals surface area contributed by atoms with Crippen molar-refractivity contribution < 1.29 is 23.4 Å². The molecule has 0 saturated carbocycles. The highest BCUT2D eigenvalue weighted by atomic mass is 32.1. The predicted molar refractivity (Wildman–Crippen MR) is 119 cm³/mol. The Kier molecular flexibility index (Phi) is 7.43. The number of nitrogens with zero attached hydrogens (tertiary/aromatic N) is 2. The number of rotatable bonds is 9. The molecule has 0 aliphatic carbocycles. The van der Waals surface area contributed by atoms with Crippen LogP contribution in [0.4, 0.5) is 9.52 Å². The van der Waals surface area contributed by atoms with Crippen LogP contribution < -0.4 is 19.5 Å². The molecule has 1 amide bonds. The topological polar surface area (TPSA) is 72.9 Å². The average Bonchev–Trinajstić information content (AvgIpc) is 3.21. The highest BCUT2D eigenvalue weighted by Gasteiger charge is 2.14. The molecule has 0 aliphatic rings. The summed E-state index contributed by atoms with van der Waals surface area (Å²) >= 11 is 1.33. The summed E-state index contributed by atoms with van der Waals surface area (Å²) in [5, 5.41) is 5.14. The van der Waals surface area contributed by atoms with Crippen molar-refractivity contribution in [3.8, 4) is 28.5 Å². The summed E-state index contributed by atoms with van der Waals surface area (Å²) in [6.07, 6.45) is 0. The zero-order valence-corrected chi connectivity index (χ0v) is 18.6. The van der Waals surface area contributed by atoms with Crippen LogP contribution in [0.15, 0.2) is 41.8 Å². The Labute approximate surface area is 184 Å². The Balaban J connectivity index is 1.60. The Morgan fingerprint density at radius 3 is 2.55 bits per heavy atom. The third kappa shape index (κ3) is 5.71. The third-order valence-electron chi connectivity index (χ3n) is 4.52. The second-order valence-corrected chi connectivity index (χ2v) is 7.65. The van der Waals surface area contributed by atoms with Crippen molar-refractivity contribution in [1.29, 1.82) is 0 Å². The van der Waals surface area contributed by atoms with Crippen molar-refractivity contribution >= 4 is 22.4 Å². The molecule has 3 aromatic rings. The molecule has 3 rings (SSSR count). The van der Waals surface area contributed by atoms with Gasteiger partial charge in [0.1, 0.15) is 11.5 Å². The molecule has 9 heteroatoms. The molecule has 0 aliphatic heterocycles. The van der Waals surface area contributed by atoms with Gasteiger partial charge in [-0.05, 0) is 36.9 Å². The van der Waals surface area contributed by atoms with E-state index in [1.807, 2.05) is 17.5 Å². The van der Waals surface area contributed by atoms with E-state index in [1.165, 1.54) is 24.5 Å². The number of carbonyl (C=O) groups excluding carboxylic acids is 1. The lowest BCUT2D eigenvalue weighted by molar-refractivity contribution is -0.117. The number of carbonyl (C=O) groups is 1. The molecular weight excluding hydrogens is 421 g/mol. The molecule has 7 nitrogen and oxygen atoms in total. The number of ether oxygens (including phenoxy) is 3. The molecule has 0 bridgehead atoms. The molecular formula is C22H24FN3O4S. The van der Waals surface area contributed by atoms with Crippen LogP contribution in [-0.4, -0.2) is 50.7 Å². The van der Waals surface area contributed by atoms with Crippen molar-refractivity contribution in [2.45, 2.75) is 6.54 Å². The molecule has 31 heavy (non-hydrogen) atoms. The van der Waals surface area contributed by atoms with E-state index < -0.39 is 5.82 Å². The van der Waals surface area contributed by atoms with Crippen molar-refractivity contribution in [3.63, 3.8) is 0 Å². The van der Waals surface area contributed by atoms with Gasteiger partial charge in [-0.15, -0.1) is 11.3 Å². The first-order valence-corrected chi connectivity index (χ1v) is 10.3. The van der Waals surface area contributed by atoms with Gasteiger partial charge in [-0.1, -0.05) is 6.07 Å². The summed E-state index contributed by atoms with van der Waals surface area (Å²) in [4.78, 5) is 18.7. The van der Waals surface area contributed by atoms with Crippen LogP contribution in [0.25, 0.3) is 11.3 Å². The summed E-state index contributed by atoms with van der Waals surface area (Å²) < 4.78 is 29.4.